The van der Waals surface area contributed by atoms with Gasteiger partial charge in [-0.1, -0.05) is 12.1 Å². The van der Waals surface area contributed by atoms with Crippen molar-refractivity contribution in [3.63, 3.8) is 0 Å². The molecule has 0 aliphatic carbocycles. The molecule has 1 N–H and O–H groups in total. The van der Waals surface area contributed by atoms with Gasteiger partial charge in [0, 0.05) is 6.42 Å². The Morgan fingerprint density at radius 3 is 2.04 bits per heavy atom. The van der Waals surface area contributed by atoms with Crippen LogP contribution in [0.15, 0.2) is 36.4 Å². The van der Waals surface area contributed by atoms with E-state index in [1.807, 2.05) is 24.3 Å². The zero-order valence-electron chi connectivity index (χ0n) is 14.9. The minimum atomic E-state index is -0.0988. The molecule has 1 amide bonds. The Hall–Kier alpha value is -2.89. The Morgan fingerprint density at radius 1 is 0.880 bits per heavy atom. The fourth-order valence-corrected chi connectivity index (χ4v) is 2.50. The third-order valence-electron chi connectivity index (χ3n) is 3.75. The molecule has 0 radical (unpaired) electrons. The van der Waals surface area contributed by atoms with Crippen LogP contribution in [-0.4, -0.2) is 34.3 Å². The van der Waals surface area contributed by atoms with E-state index < -0.39 is 0 Å². The third kappa shape index (κ3) is 4.56. The highest BCUT2D eigenvalue weighted by atomic mass is 16.5. The monoisotopic (exact) mass is 345 g/mol. The maximum Gasteiger partial charge on any atom is 0.224 e. The van der Waals surface area contributed by atoms with Gasteiger partial charge in [0.05, 0.1) is 34.1 Å². The molecule has 0 fully saturated rings. The third-order valence-corrected chi connectivity index (χ3v) is 3.75. The number of amides is 1. The first-order valence-electron chi connectivity index (χ1n) is 7.84. The minimum Gasteiger partial charge on any atom is -0.495 e. The smallest absolute Gasteiger partial charge is 0.224 e. The number of para-hydroxylation sites is 2. The van der Waals surface area contributed by atoms with E-state index in [1.165, 1.54) is 0 Å². The van der Waals surface area contributed by atoms with Crippen molar-refractivity contribution in [1.82, 2.24) is 0 Å². The van der Waals surface area contributed by atoms with E-state index in [0.717, 1.165) is 5.56 Å². The lowest BCUT2D eigenvalue weighted by Gasteiger charge is -2.14. The van der Waals surface area contributed by atoms with Gasteiger partial charge in [-0.3, -0.25) is 4.79 Å². The van der Waals surface area contributed by atoms with Crippen LogP contribution >= 0.6 is 0 Å². The standard InChI is InChI=1S/C19H23NO5/c1-22-15-8-6-5-7-14(15)20-18(21)10-9-13-11-16(23-2)19(25-4)17(12-13)24-3/h5-8,11-12H,9-10H2,1-4H3,(H,20,21). The highest BCUT2D eigenvalue weighted by Crippen LogP contribution is 2.38. The number of aryl methyl sites for hydroxylation is 1. The largest absolute Gasteiger partial charge is 0.495 e. The van der Waals surface area contributed by atoms with Gasteiger partial charge in [-0.05, 0) is 36.2 Å². The van der Waals surface area contributed by atoms with Gasteiger partial charge in [0.15, 0.2) is 11.5 Å². The number of carbonyl (C=O) groups excluding carboxylic acids is 1. The Morgan fingerprint density at radius 2 is 1.48 bits per heavy atom. The van der Waals surface area contributed by atoms with Gasteiger partial charge in [-0.25, -0.2) is 0 Å². The average Bonchev–Trinajstić information content (AvgIpc) is 2.65. The number of hydrogen-bond acceptors (Lipinski definition) is 5. The highest BCUT2D eigenvalue weighted by molar-refractivity contribution is 5.92. The summed E-state index contributed by atoms with van der Waals surface area (Å²) in [7, 11) is 6.26. The maximum absolute atomic E-state index is 12.2. The Kier molecular flexibility index (Phi) is 6.51. The van der Waals surface area contributed by atoms with Gasteiger partial charge in [0.1, 0.15) is 5.75 Å². The number of benzene rings is 2. The van der Waals surface area contributed by atoms with E-state index in [1.54, 1.807) is 40.6 Å². The van der Waals surface area contributed by atoms with Crippen LogP contribution in [0.3, 0.4) is 0 Å². The first kappa shape index (κ1) is 18.4. The second-order valence-electron chi connectivity index (χ2n) is 5.28. The van der Waals surface area contributed by atoms with Crippen LogP contribution in [0.2, 0.25) is 0 Å². The van der Waals surface area contributed by atoms with Crippen LogP contribution in [0.5, 0.6) is 23.0 Å². The minimum absolute atomic E-state index is 0.0988. The number of methoxy groups -OCH3 is 4. The number of anilines is 1. The Balaban J connectivity index is 2.06. The zero-order chi connectivity index (χ0) is 18.2. The summed E-state index contributed by atoms with van der Waals surface area (Å²) >= 11 is 0. The normalized spacial score (nSPS) is 10.1. The molecule has 0 aliphatic rings. The molecule has 134 valence electrons. The summed E-state index contributed by atoms with van der Waals surface area (Å²) in [5.74, 6) is 2.21. The number of nitrogens with one attached hydrogen (secondary N) is 1. The predicted octanol–water partition coefficient (Wildman–Crippen LogP) is 3.29. The molecule has 6 nitrogen and oxygen atoms in total. The molecule has 6 heteroatoms. The maximum atomic E-state index is 12.2. The van der Waals surface area contributed by atoms with Crippen molar-refractivity contribution < 1.29 is 23.7 Å². The molecule has 0 aromatic heterocycles. The molecule has 0 saturated heterocycles. The number of carbonyl (C=O) groups is 1. The number of ether oxygens (including phenoxy) is 4. The molecule has 0 bridgehead atoms. The van der Waals surface area contributed by atoms with Crippen molar-refractivity contribution in [3.05, 3.63) is 42.0 Å². The second-order valence-corrected chi connectivity index (χ2v) is 5.28. The lowest BCUT2D eigenvalue weighted by Crippen LogP contribution is -2.13. The van der Waals surface area contributed by atoms with E-state index in [2.05, 4.69) is 5.32 Å². The fourth-order valence-electron chi connectivity index (χ4n) is 2.50. The predicted molar refractivity (Wildman–Crippen MR) is 96.0 cm³/mol. The van der Waals surface area contributed by atoms with Crippen LogP contribution in [0.4, 0.5) is 5.69 Å². The van der Waals surface area contributed by atoms with Crippen molar-refractivity contribution in [2.24, 2.45) is 0 Å². The molecule has 2 rings (SSSR count). The topological polar surface area (TPSA) is 66.0 Å². The summed E-state index contributed by atoms with van der Waals surface area (Å²) in [4.78, 5) is 12.2. The van der Waals surface area contributed by atoms with Gasteiger partial charge in [0.25, 0.3) is 0 Å². The highest BCUT2D eigenvalue weighted by Gasteiger charge is 2.14. The van der Waals surface area contributed by atoms with Crippen LogP contribution in [0.1, 0.15) is 12.0 Å². The molecule has 2 aromatic rings. The van der Waals surface area contributed by atoms with Gasteiger partial charge in [-0.2, -0.15) is 0 Å². The van der Waals surface area contributed by atoms with E-state index in [-0.39, 0.29) is 5.91 Å². The van der Waals surface area contributed by atoms with Gasteiger partial charge < -0.3 is 24.3 Å². The Bertz CT molecular complexity index is 704. The molecule has 2 aromatic carbocycles. The summed E-state index contributed by atoms with van der Waals surface area (Å²) in [5, 5.41) is 2.86. The van der Waals surface area contributed by atoms with E-state index in [9.17, 15) is 4.79 Å². The number of hydrogen-bond donors (Lipinski definition) is 1. The lowest BCUT2D eigenvalue weighted by atomic mass is 10.1. The van der Waals surface area contributed by atoms with Crippen molar-refractivity contribution in [2.75, 3.05) is 33.8 Å². The molecule has 0 spiro atoms. The summed E-state index contributed by atoms with van der Waals surface area (Å²) in [5.41, 5.74) is 1.57. The zero-order valence-corrected chi connectivity index (χ0v) is 14.9. The first-order valence-corrected chi connectivity index (χ1v) is 7.84. The molecule has 0 aliphatic heterocycles. The van der Waals surface area contributed by atoms with Crippen LogP contribution in [0, 0.1) is 0 Å². The molecular weight excluding hydrogens is 322 g/mol. The van der Waals surface area contributed by atoms with E-state index in [4.69, 9.17) is 18.9 Å². The van der Waals surface area contributed by atoms with Gasteiger partial charge in [0.2, 0.25) is 11.7 Å². The molecule has 0 atom stereocenters. The van der Waals surface area contributed by atoms with Crippen molar-refractivity contribution >= 4 is 11.6 Å². The van der Waals surface area contributed by atoms with Crippen LogP contribution in [0.25, 0.3) is 0 Å². The van der Waals surface area contributed by atoms with Crippen molar-refractivity contribution in [2.45, 2.75) is 12.8 Å². The number of rotatable bonds is 8. The summed E-state index contributed by atoms with van der Waals surface area (Å²) in [6.07, 6.45) is 0.856. The molecule has 0 heterocycles. The van der Waals surface area contributed by atoms with E-state index in [0.29, 0.717) is 41.5 Å². The van der Waals surface area contributed by atoms with Gasteiger partial charge >= 0.3 is 0 Å². The SMILES string of the molecule is COc1ccccc1NC(=O)CCc1cc(OC)c(OC)c(OC)c1. The summed E-state index contributed by atoms with van der Waals surface area (Å²) < 4.78 is 21.2. The second kappa shape index (κ2) is 8.82. The lowest BCUT2D eigenvalue weighted by molar-refractivity contribution is -0.116. The molecule has 0 saturated carbocycles. The quantitative estimate of drug-likeness (QED) is 0.795. The molecule has 0 unspecified atom stereocenters. The van der Waals surface area contributed by atoms with Gasteiger partial charge in [-0.15, -0.1) is 0 Å². The van der Waals surface area contributed by atoms with Crippen LogP contribution < -0.4 is 24.3 Å². The fraction of sp³-hybridized carbons (Fsp3) is 0.316. The average molecular weight is 345 g/mol. The first-order chi connectivity index (χ1) is 12.1. The summed E-state index contributed by atoms with van der Waals surface area (Å²) in [6.45, 7) is 0. The Labute approximate surface area is 147 Å². The van der Waals surface area contributed by atoms with E-state index >= 15 is 0 Å². The van der Waals surface area contributed by atoms with Crippen LogP contribution in [-0.2, 0) is 11.2 Å². The van der Waals surface area contributed by atoms with Crippen molar-refractivity contribution in [1.29, 1.82) is 0 Å². The molecule has 25 heavy (non-hydrogen) atoms. The summed E-state index contributed by atoms with van der Waals surface area (Å²) in [6, 6.07) is 11.0. The molecular formula is C19H23NO5. The van der Waals surface area contributed by atoms with Crippen molar-refractivity contribution in [3.8, 4) is 23.0 Å².